The van der Waals surface area contributed by atoms with Gasteiger partial charge in [-0.1, -0.05) is 42.1 Å². The van der Waals surface area contributed by atoms with Crippen LogP contribution in [0.1, 0.15) is 18.9 Å². The number of amides is 2. The van der Waals surface area contributed by atoms with Gasteiger partial charge < -0.3 is 15.4 Å². The molecule has 1 unspecified atom stereocenters. The second kappa shape index (κ2) is 9.62. The first-order valence-corrected chi connectivity index (χ1v) is 9.53. The molecule has 8 heteroatoms. The van der Waals surface area contributed by atoms with E-state index in [-0.39, 0.29) is 29.3 Å². The number of rotatable bonds is 7. The van der Waals surface area contributed by atoms with Gasteiger partial charge in [-0.2, -0.15) is 0 Å². The number of benzene rings is 1. The molecular formula is C17H19BrN2O4S. The fourth-order valence-corrected chi connectivity index (χ4v) is 3.72. The van der Waals surface area contributed by atoms with Crippen LogP contribution in [0.15, 0.2) is 39.8 Å². The lowest BCUT2D eigenvalue weighted by atomic mass is 10.1. The highest BCUT2D eigenvalue weighted by Gasteiger charge is 2.33. The van der Waals surface area contributed by atoms with Crippen LogP contribution in [0.2, 0.25) is 0 Å². The molecule has 25 heavy (non-hydrogen) atoms. The van der Waals surface area contributed by atoms with E-state index in [0.29, 0.717) is 18.0 Å². The summed E-state index contributed by atoms with van der Waals surface area (Å²) in [5.41, 5.74) is 1.13. The van der Waals surface area contributed by atoms with Crippen molar-refractivity contribution in [3.63, 3.8) is 0 Å². The third-order valence-corrected chi connectivity index (χ3v) is 5.61. The Hall–Kier alpha value is -1.80. The van der Waals surface area contributed by atoms with E-state index in [1.807, 2.05) is 30.3 Å². The Kier molecular flexibility index (Phi) is 7.52. The first kappa shape index (κ1) is 19.5. The van der Waals surface area contributed by atoms with Gasteiger partial charge in [0.25, 0.3) is 5.91 Å². The van der Waals surface area contributed by atoms with E-state index in [1.54, 1.807) is 6.92 Å². The van der Waals surface area contributed by atoms with Crippen LogP contribution in [0, 0.1) is 0 Å². The minimum Gasteiger partial charge on any atom is -0.466 e. The molecule has 2 amide bonds. The topological polar surface area (TPSA) is 84.5 Å². The maximum Gasteiger partial charge on any atom is 0.307 e. The average molecular weight is 427 g/mol. The lowest BCUT2D eigenvalue weighted by Crippen LogP contribution is -2.28. The predicted octanol–water partition coefficient (Wildman–Crippen LogP) is 2.09. The van der Waals surface area contributed by atoms with Gasteiger partial charge in [-0.05, 0) is 34.8 Å². The molecule has 134 valence electrons. The third-order valence-electron chi connectivity index (χ3n) is 3.39. The molecule has 0 aliphatic carbocycles. The Morgan fingerprint density at radius 1 is 1.32 bits per heavy atom. The van der Waals surface area contributed by atoms with Crippen LogP contribution in [-0.4, -0.2) is 36.2 Å². The van der Waals surface area contributed by atoms with Crippen molar-refractivity contribution in [3.05, 3.63) is 45.4 Å². The number of hydrogen-bond acceptors (Lipinski definition) is 5. The molecule has 1 saturated heterocycles. The zero-order valence-electron chi connectivity index (χ0n) is 13.7. The predicted molar refractivity (Wildman–Crippen MR) is 99.9 cm³/mol. The van der Waals surface area contributed by atoms with Crippen molar-refractivity contribution < 1.29 is 19.1 Å². The Bertz CT molecular complexity index is 678. The molecule has 1 fully saturated rings. The molecule has 1 aromatic rings. The minimum absolute atomic E-state index is 0.0241. The molecule has 1 aliphatic rings. The number of hydrogen-bond donors (Lipinski definition) is 2. The van der Waals surface area contributed by atoms with E-state index in [1.165, 1.54) is 0 Å². The summed E-state index contributed by atoms with van der Waals surface area (Å²) in [7, 11) is 0. The molecule has 1 heterocycles. The fourth-order valence-electron chi connectivity index (χ4n) is 2.18. The van der Waals surface area contributed by atoms with Crippen LogP contribution in [0.5, 0.6) is 0 Å². The molecule has 1 aliphatic heterocycles. The van der Waals surface area contributed by atoms with E-state index >= 15 is 0 Å². The molecule has 6 nitrogen and oxygen atoms in total. The molecule has 0 aromatic heterocycles. The zero-order valence-corrected chi connectivity index (χ0v) is 16.1. The van der Waals surface area contributed by atoms with Crippen LogP contribution >= 0.6 is 27.7 Å². The van der Waals surface area contributed by atoms with E-state index in [4.69, 9.17) is 4.74 Å². The van der Waals surface area contributed by atoms with Crippen LogP contribution in [0.25, 0.3) is 0 Å². The summed E-state index contributed by atoms with van der Waals surface area (Å²) in [5, 5.41) is 5.26. The van der Waals surface area contributed by atoms with E-state index < -0.39 is 11.2 Å². The largest absolute Gasteiger partial charge is 0.466 e. The number of thioether (sulfide) groups is 1. The van der Waals surface area contributed by atoms with Gasteiger partial charge in [-0.15, -0.1) is 0 Å². The van der Waals surface area contributed by atoms with Gasteiger partial charge in [0.05, 0.1) is 18.1 Å². The highest BCUT2D eigenvalue weighted by atomic mass is 79.9. The zero-order chi connectivity index (χ0) is 18.2. The van der Waals surface area contributed by atoms with E-state index in [9.17, 15) is 14.4 Å². The quantitative estimate of drug-likeness (QED) is 0.514. The maximum absolute atomic E-state index is 12.2. The first-order valence-electron chi connectivity index (χ1n) is 7.86. The molecule has 0 saturated carbocycles. The molecule has 1 atom stereocenters. The number of ether oxygens (including phenoxy) is 1. The summed E-state index contributed by atoms with van der Waals surface area (Å²) in [4.78, 5) is 35.6. The van der Waals surface area contributed by atoms with Gasteiger partial charge in [0.1, 0.15) is 9.73 Å². The molecule has 1 aromatic carbocycles. The van der Waals surface area contributed by atoms with Crippen LogP contribution in [-0.2, 0) is 25.5 Å². The van der Waals surface area contributed by atoms with Crippen molar-refractivity contribution in [2.24, 2.45) is 0 Å². The van der Waals surface area contributed by atoms with Gasteiger partial charge in [-0.3, -0.25) is 14.4 Å². The van der Waals surface area contributed by atoms with Crippen molar-refractivity contribution in [3.8, 4) is 0 Å². The normalized spacial score (nSPS) is 18.5. The molecule has 0 radical (unpaired) electrons. The van der Waals surface area contributed by atoms with Crippen molar-refractivity contribution >= 4 is 45.5 Å². The van der Waals surface area contributed by atoms with Crippen LogP contribution in [0.3, 0.4) is 0 Å². The number of esters is 1. The Labute approximate surface area is 158 Å². The SMILES string of the molecule is CCOC(=O)CC1S/C(=C(\Br)C(=O)NCCc2ccccc2)NC1=O. The minimum atomic E-state index is -0.585. The van der Waals surface area contributed by atoms with Crippen molar-refractivity contribution in [1.82, 2.24) is 10.6 Å². The smallest absolute Gasteiger partial charge is 0.307 e. The summed E-state index contributed by atoms with van der Waals surface area (Å²) >= 11 is 4.37. The van der Waals surface area contributed by atoms with E-state index in [2.05, 4.69) is 26.6 Å². The van der Waals surface area contributed by atoms with Gasteiger partial charge in [0, 0.05) is 6.54 Å². The summed E-state index contributed by atoms with van der Waals surface area (Å²) in [6, 6.07) is 9.82. The average Bonchev–Trinajstić information content (AvgIpc) is 2.96. The maximum atomic E-state index is 12.2. The van der Waals surface area contributed by atoms with Crippen molar-refractivity contribution in [2.75, 3.05) is 13.2 Å². The van der Waals surface area contributed by atoms with Gasteiger partial charge in [-0.25, -0.2) is 0 Å². The number of nitrogens with one attached hydrogen (secondary N) is 2. The summed E-state index contributed by atoms with van der Waals surface area (Å²) in [6.45, 7) is 2.46. The Morgan fingerprint density at radius 2 is 2.04 bits per heavy atom. The third kappa shape index (κ3) is 5.89. The molecule has 2 rings (SSSR count). The number of carbonyl (C=O) groups excluding carboxylic acids is 3. The van der Waals surface area contributed by atoms with Gasteiger partial charge >= 0.3 is 5.97 Å². The van der Waals surface area contributed by atoms with Crippen LogP contribution in [0.4, 0.5) is 0 Å². The standard InChI is InChI=1S/C17H19BrN2O4S/c1-2-24-13(21)10-12-15(22)20-17(25-12)14(18)16(23)19-9-8-11-6-4-3-5-7-11/h3-7,12H,2,8-10H2,1H3,(H,19,23)(H,20,22)/b17-14-. The monoisotopic (exact) mass is 426 g/mol. The fraction of sp³-hybridized carbons (Fsp3) is 0.353. The van der Waals surface area contributed by atoms with Gasteiger partial charge in [0.2, 0.25) is 5.91 Å². The number of carbonyl (C=O) groups is 3. The van der Waals surface area contributed by atoms with Crippen molar-refractivity contribution in [2.45, 2.75) is 25.0 Å². The Balaban J connectivity index is 1.87. The molecule has 2 N–H and O–H groups in total. The van der Waals surface area contributed by atoms with Gasteiger partial charge in [0.15, 0.2) is 0 Å². The second-order valence-electron chi connectivity index (χ2n) is 5.24. The Morgan fingerprint density at radius 3 is 2.72 bits per heavy atom. The molecule has 0 bridgehead atoms. The molecule has 0 spiro atoms. The van der Waals surface area contributed by atoms with Crippen LogP contribution < -0.4 is 10.6 Å². The molecular weight excluding hydrogens is 408 g/mol. The second-order valence-corrected chi connectivity index (χ2v) is 7.25. The first-order chi connectivity index (χ1) is 12.0. The highest BCUT2D eigenvalue weighted by molar-refractivity contribution is 9.12. The van der Waals surface area contributed by atoms with Crippen molar-refractivity contribution in [1.29, 1.82) is 0 Å². The lowest BCUT2D eigenvalue weighted by molar-refractivity contribution is -0.144. The summed E-state index contributed by atoms with van der Waals surface area (Å²) < 4.78 is 5.11. The summed E-state index contributed by atoms with van der Waals surface area (Å²) in [5.74, 6) is -1.04. The lowest BCUT2D eigenvalue weighted by Gasteiger charge is -2.07. The number of halogens is 1. The van der Waals surface area contributed by atoms with E-state index in [0.717, 1.165) is 17.3 Å². The summed E-state index contributed by atoms with van der Waals surface area (Å²) in [6.07, 6.45) is 0.691. The highest BCUT2D eigenvalue weighted by Crippen LogP contribution is 2.33.